The first kappa shape index (κ1) is 28.0. The summed E-state index contributed by atoms with van der Waals surface area (Å²) in [5.74, 6) is 0.532. The molecule has 0 radical (unpaired) electrons. The first-order chi connectivity index (χ1) is 17.9. The van der Waals surface area contributed by atoms with Gasteiger partial charge in [0, 0.05) is 36.6 Å². The third kappa shape index (κ3) is 7.72. The predicted molar refractivity (Wildman–Crippen MR) is 149 cm³/mol. The molecule has 1 heterocycles. The third-order valence-corrected chi connectivity index (χ3v) is 6.87. The molecule has 2 aromatic carbocycles. The molecule has 6 heteroatoms. The van der Waals surface area contributed by atoms with E-state index in [2.05, 4.69) is 54.9 Å². The van der Waals surface area contributed by atoms with Crippen molar-refractivity contribution in [3.05, 3.63) is 89.2 Å². The average molecular weight is 504 g/mol. The van der Waals surface area contributed by atoms with E-state index in [9.17, 15) is 9.59 Å². The second kappa shape index (κ2) is 13.7. The number of unbranched alkanes of at least 4 members (excludes halogenated alkanes) is 1. The van der Waals surface area contributed by atoms with Gasteiger partial charge in [0.25, 0.3) is 5.91 Å². The Morgan fingerprint density at radius 3 is 2.43 bits per heavy atom. The van der Waals surface area contributed by atoms with Gasteiger partial charge in [-0.05, 0) is 68.7 Å². The molecule has 0 aliphatic heterocycles. The summed E-state index contributed by atoms with van der Waals surface area (Å²) >= 11 is 0. The Hall–Kier alpha value is -3.54. The molecule has 3 rings (SSSR count). The van der Waals surface area contributed by atoms with Gasteiger partial charge in [-0.15, -0.1) is 0 Å². The van der Waals surface area contributed by atoms with E-state index < -0.39 is 0 Å². The molecule has 0 bridgehead atoms. The predicted octanol–water partition coefficient (Wildman–Crippen LogP) is 5.92. The smallest absolute Gasteiger partial charge is 0.254 e. The van der Waals surface area contributed by atoms with Crippen LogP contribution in [-0.2, 0) is 17.9 Å². The molecule has 1 unspecified atom stereocenters. The lowest BCUT2D eigenvalue weighted by Crippen LogP contribution is -2.46. The van der Waals surface area contributed by atoms with Gasteiger partial charge in [0.05, 0.1) is 13.7 Å². The Morgan fingerprint density at radius 2 is 1.78 bits per heavy atom. The number of nitrogens with zero attached hydrogens (tertiary/aromatic N) is 3. The highest BCUT2D eigenvalue weighted by molar-refractivity contribution is 5.96. The van der Waals surface area contributed by atoms with Gasteiger partial charge in [0.1, 0.15) is 12.3 Å². The zero-order chi connectivity index (χ0) is 26.8. The number of carbonyl (C=O) groups is 2. The number of aromatic nitrogens is 1. The van der Waals surface area contributed by atoms with Crippen LogP contribution in [0.5, 0.6) is 5.75 Å². The lowest BCUT2D eigenvalue weighted by molar-refractivity contribution is -0.133. The maximum absolute atomic E-state index is 13.7. The number of hydrogen-bond acceptors (Lipinski definition) is 3. The Kier molecular flexibility index (Phi) is 10.4. The van der Waals surface area contributed by atoms with E-state index in [1.54, 1.807) is 36.3 Å². The van der Waals surface area contributed by atoms with Crippen molar-refractivity contribution in [3.8, 4) is 5.75 Å². The second-order valence-electron chi connectivity index (χ2n) is 9.70. The van der Waals surface area contributed by atoms with Crippen LogP contribution < -0.4 is 4.74 Å². The summed E-state index contributed by atoms with van der Waals surface area (Å²) < 4.78 is 7.43. The van der Waals surface area contributed by atoms with Crippen molar-refractivity contribution in [2.75, 3.05) is 20.2 Å². The van der Waals surface area contributed by atoms with Crippen molar-refractivity contribution >= 4 is 11.8 Å². The molecular weight excluding hydrogens is 462 g/mol. The van der Waals surface area contributed by atoms with Crippen molar-refractivity contribution in [3.63, 3.8) is 0 Å². The van der Waals surface area contributed by atoms with Gasteiger partial charge in [-0.25, -0.2) is 0 Å². The van der Waals surface area contributed by atoms with Crippen LogP contribution in [0, 0.1) is 6.92 Å². The number of amides is 2. The highest BCUT2D eigenvalue weighted by atomic mass is 16.5. The summed E-state index contributed by atoms with van der Waals surface area (Å²) in [6, 6.07) is 19.6. The summed E-state index contributed by atoms with van der Waals surface area (Å²) in [7, 11) is 1.60. The quantitative estimate of drug-likeness (QED) is 0.291. The summed E-state index contributed by atoms with van der Waals surface area (Å²) in [6.07, 6.45) is 4.75. The Bertz CT molecular complexity index is 1150. The zero-order valence-corrected chi connectivity index (χ0v) is 22.9. The van der Waals surface area contributed by atoms with E-state index in [0.29, 0.717) is 24.4 Å². The second-order valence-corrected chi connectivity index (χ2v) is 9.70. The SMILES string of the molecule is CCCCN(Cc1cccn1Cc1cccc(C)c1)C(=O)CN(C(=O)c1ccc(OC)cc1)C(C)CC. The molecule has 0 spiro atoms. The number of aryl methyl sites for hydroxylation is 1. The van der Waals surface area contributed by atoms with E-state index in [1.165, 1.54) is 11.1 Å². The molecule has 2 amide bonds. The first-order valence-electron chi connectivity index (χ1n) is 13.3. The molecule has 3 aromatic rings. The number of benzene rings is 2. The molecule has 0 aliphatic carbocycles. The Morgan fingerprint density at radius 1 is 1.03 bits per heavy atom. The molecular formula is C31H41N3O3. The maximum Gasteiger partial charge on any atom is 0.254 e. The summed E-state index contributed by atoms with van der Waals surface area (Å²) in [6.45, 7) is 10.3. The van der Waals surface area contributed by atoms with Crippen LogP contribution in [-0.4, -0.2) is 52.4 Å². The van der Waals surface area contributed by atoms with Gasteiger partial charge in [-0.1, -0.05) is 50.1 Å². The van der Waals surface area contributed by atoms with Crippen LogP contribution in [0.2, 0.25) is 0 Å². The molecule has 6 nitrogen and oxygen atoms in total. The molecule has 198 valence electrons. The van der Waals surface area contributed by atoms with Gasteiger partial charge in [-0.2, -0.15) is 0 Å². The lowest BCUT2D eigenvalue weighted by atomic mass is 10.1. The van der Waals surface area contributed by atoms with Crippen LogP contribution in [0.25, 0.3) is 0 Å². The van der Waals surface area contributed by atoms with Crippen molar-refractivity contribution in [2.45, 2.75) is 66.1 Å². The molecule has 0 fully saturated rings. The number of methoxy groups -OCH3 is 1. The molecule has 0 saturated carbocycles. The monoisotopic (exact) mass is 503 g/mol. The van der Waals surface area contributed by atoms with Crippen LogP contribution in [0.3, 0.4) is 0 Å². The number of hydrogen-bond donors (Lipinski definition) is 0. The molecule has 0 N–H and O–H groups in total. The molecule has 0 aliphatic rings. The standard InChI is InChI=1S/C31H41N3O3/c1-6-8-18-33(22-28-13-10-19-32(28)21-26-12-9-11-24(3)20-26)30(35)23-34(25(4)7-2)31(36)27-14-16-29(37-5)17-15-27/h9-17,19-20,25H,6-8,18,21-23H2,1-5H3. The maximum atomic E-state index is 13.7. The van der Waals surface area contributed by atoms with Crippen molar-refractivity contribution < 1.29 is 14.3 Å². The minimum absolute atomic E-state index is 0.0288. The van der Waals surface area contributed by atoms with Crippen molar-refractivity contribution in [1.29, 1.82) is 0 Å². The summed E-state index contributed by atoms with van der Waals surface area (Å²) in [5.41, 5.74) is 4.11. The molecule has 1 aromatic heterocycles. The fraction of sp³-hybridized carbons (Fsp3) is 0.419. The van der Waals surface area contributed by atoms with E-state index >= 15 is 0 Å². The van der Waals surface area contributed by atoms with Gasteiger partial charge in [-0.3, -0.25) is 9.59 Å². The lowest BCUT2D eigenvalue weighted by Gasteiger charge is -2.31. The van der Waals surface area contributed by atoms with Crippen LogP contribution in [0.4, 0.5) is 0 Å². The minimum Gasteiger partial charge on any atom is -0.497 e. The van der Waals surface area contributed by atoms with Crippen molar-refractivity contribution in [2.24, 2.45) is 0 Å². The van der Waals surface area contributed by atoms with Crippen molar-refractivity contribution in [1.82, 2.24) is 14.4 Å². The Labute approximate surface area is 221 Å². The van der Waals surface area contributed by atoms with E-state index in [0.717, 1.165) is 31.5 Å². The molecule has 37 heavy (non-hydrogen) atoms. The zero-order valence-electron chi connectivity index (χ0n) is 22.9. The highest BCUT2D eigenvalue weighted by Crippen LogP contribution is 2.17. The fourth-order valence-corrected chi connectivity index (χ4v) is 4.38. The first-order valence-corrected chi connectivity index (χ1v) is 13.3. The topological polar surface area (TPSA) is 54.8 Å². The average Bonchev–Trinajstić information content (AvgIpc) is 3.34. The molecule has 0 saturated heterocycles. The van der Waals surface area contributed by atoms with Crippen LogP contribution in [0.1, 0.15) is 67.2 Å². The van der Waals surface area contributed by atoms with Gasteiger partial charge < -0.3 is 19.1 Å². The van der Waals surface area contributed by atoms with Crippen LogP contribution in [0.15, 0.2) is 66.9 Å². The number of ether oxygens (including phenoxy) is 1. The Balaban J connectivity index is 1.78. The largest absolute Gasteiger partial charge is 0.497 e. The highest BCUT2D eigenvalue weighted by Gasteiger charge is 2.26. The van der Waals surface area contributed by atoms with E-state index in [4.69, 9.17) is 4.74 Å². The summed E-state index contributed by atoms with van der Waals surface area (Å²) in [4.78, 5) is 30.7. The number of carbonyl (C=O) groups excluding carboxylic acids is 2. The van der Waals surface area contributed by atoms with Gasteiger partial charge in [0.15, 0.2) is 0 Å². The normalized spacial score (nSPS) is 11.7. The third-order valence-electron chi connectivity index (χ3n) is 6.87. The van der Waals surface area contributed by atoms with Gasteiger partial charge >= 0.3 is 0 Å². The van der Waals surface area contributed by atoms with E-state index in [-0.39, 0.29) is 24.4 Å². The van der Waals surface area contributed by atoms with E-state index in [1.807, 2.05) is 24.8 Å². The fourth-order valence-electron chi connectivity index (χ4n) is 4.38. The molecule has 1 atom stereocenters. The number of rotatable bonds is 13. The van der Waals surface area contributed by atoms with Gasteiger partial charge in [0.2, 0.25) is 5.91 Å². The minimum atomic E-state index is -0.136. The van der Waals surface area contributed by atoms with Crippen LogP contribution >= 0.6 is 0 Å². The summed E-state index contributed by atoms with van der Waals surface area (Å²) in [5, 5.41) is 0.